The van der Waals surface area contributed by atoms with Crippen LogP contribution in [-0.4, -0.2) is 50.8 Å². The Balaban J connectivity index is 4.86. The van der Waals surface area contributed by atoms with Gasteiger partial charge in [0.2, 0.25) is 0 Å². The Hall–Kier alpha value is -1.35. The first-order valence-corrected chi connectivity index (χ1v) is 8.17. The lowest BCUT2D eigenvalue weighted by atomic mass is 9.90. The quantitative estimate of drug-likeness (QED) is 0.423. The zero-order chi connectivity index (χ0) is 20.8. The molecule has 0 rings (SSSR count). The lowest BCUT2D eigenvalue weighted by Crippen LogP contribution is -2.53. The van der Waals surface area contributed by atoms with E-state index in [0.717, 1.165) is 7.11 Å². The van der Waals surface area contributed by atoms with E-state index < -0.39 is 41.3 Å². The molecule has 0 aliphatic rings. The number of alkyl halides is 3. The summed E-state index contributed by atoms with van der Waals surface area (Å²) >= 11 is 0. The van der Waals surface area contributed by atoms with Gasteiger partial charge in [0.15, 0.2) is 0 Å². The molecule has 0 radical (unpaired) electrons. The Kier molecular flexibility index (Phi) is 8.56. The first kappa shape index (κ1) is 24.7. The van der Waals surface area contributed by atoms with Crippen molar-refractivity contribution in [1.82, 2.24) is 0 Å². The maximum absolute atomic E-state index is 13.2. The molecule has 0 aromatic rings. The van der Waals surface area contributed by atoms with Crippen molar-refractivity contribution < 1.29 is 41.7 Å². The fourth-order valence-corrected chi connectivity index (χ4v) is 1.47. The van der Waals surface area contributed by atoms with Crippen molar-refractivity contribution in [3.63, 3.8) is 0 Å². The van der Waals surface area contributed by atoms with Gasteiger partial charge in [-0.1, -0.05) is 20.8 Å². The van der Waals surface area contributed by atoms with Gasteiger partial charge in [-0.05, 0) is 27.2 Å². The van der Waals surface area contributed by atoms with Crippen molar-refractivity contribution in [2.75, 3.05) is 27.1 Å². The number of halogens is 3. The third-order valence-electron chi connectivity index (χ3n) is 4.02. The summed E-state index contributed by atoms with van der Waals surface area (Å²) in [6.45, 7) is 7.86. The van der Waals surface area contributed by atoms with E-state index in [4.69, 9.17) is 9.47 Å². The molecule has 6 nitrogen and oxygen atoms in total. The van der Waals surface area contributed by atoms with Crippen molar-refractivity contribution in [1.29, 1.82) is 0 Å². The molecule has 0 bridgehead atoms. The Morgan fingerprint density at radius 2 is 1.35 bits per heavy atom. The fourth-order valence-electron chi connectivity index (χ4n) is 1.47. The molecule has 0 aromatic carbocycles. The zero-order valence-electron chi connectivity index (χ0n) is 16.4. The number of methoxy groups -OCH3 is 1. The van der Waals surface area contributed by atoms with Crippen molar-refractivity contribution >= 4 is 11.9 Å². The highest BCUT2D eigenvalue weighted by Crippen LogP contribution is 2.35. The molecule has 0 N–H and O–H groups in total. The standard InChI is InChI=1S/C17H29F3O6/c1-8-15(4,5)12(21)24-9-14(2,3)10-25-13(22)16(6,17(18,19)20)26-11-23-7/h8-11H2,1-7H3. The Morgan fingerprint density at radius 3 is 1.73 bits per heavy atom. The monoisotopic (exact) mass is 386 g/mol. The van der Waals surface area contributed by atoms with E-state index in [-0.39, 0.29) is 13.2 Å². The van der Waals surface area contributed by atoms with Crippen LogP contribution in [0.15, 0.2) is 0 Å². The summed E-state index contributed by atoms with van der Waals surface area (Å²) < 4.78 is 58.5. The molecule has 26 heavy (non-hydrogen) atoms. The van der Waals surface area contributed by atoms with Gasteiger partial charge in [-0.25, -0.2) is 4.79 Å². The van der Waals surface area contributed by atoms with Crippen LogP contribution < -0.4 is 0 Å². The number of hydrogen-bond donors (Lipinski definition) is 0. The first-order valence-electron chi connectivity index (χ1n) is 8.17. The molecule has 0 aliphatic heterocycles. The molecule has 0 amide bonds. The minimum absolute atomic E-state index is 0.107. The summed E-state index contributed by atoms with van der Waals surface area (Å²) in [6.07, 6.45) is -4.41. The lowest BCUT2D eigenvalue weighted by Gasteiger charge is -2.32. The first-order chi connectivity index (χ1) is 11.6. The maximum Gasteiger partial charge on any atom is 0.428 e. The summed E-state index contributed by atoms with van der Waals surface area (Å²) in [7, 11) is 1.14. The van der Waals surface area contributed by atoms with Crippen LogP contribution in [0.1, 0.15) is 48.0 Å². The zero-order valence-corrected chi connectivity index (χ0v) is 16.4. The predicted molar refractivity (Wildman–Crippen MR) is 87.2 cm³/mol. The van der Waals surface area contributed by atoms with E-state index in [0.29, 0.717) is 13.3 Å². The normalized spacial score (nSPS) is 15.3. The van der Waals surface area contributed by atoms with Crippen LogP contribution in [0.4, 0.5) is 13.2 Å². The van der Waals surface area contributed by atoms with Crippen LogP contribution >= 0.6 is 0 Å². The third kappa shape index (κ3) is 6.75. The van der Waals surface area contributed by atoms with E-state index in [9.17, 15) is 22.8 Å². The third-order valence-corrected chi connectivity index (χ3v) is 4.02. The predicted octanol–water partition coefficient (Wildman–Crippen LogP) is 3.48. The summed E-state index contributed by atoms with van der Waals surface area (Å²) in [5.41, 5.74) is -4.70. The second-order valence-corrected chi connectivity index (χ2v) is 7.64. The summed E-state index contributed by atoms with van der Waals surface area (Å²) in [5.74, 6) is -2.02. The molecular formula is C17H29F3O6. The molecule has 1 unspecified atom stereocenters. The summed E-state index contributed by atoms with van der Waals surface area (Å²) in [4.78, 5) is 24.0. The summed E-state index contributed by atoms with van der Waals surface area (Å²) in [5, 5.41) is 0. The van der Waals surface area contributed by atoms with Gasteiger partial charge in [-0.2, -0.15) is 13.2 Å². The molecule has 154 valence electrons. The Morgan fingerprint density at radius 1 is 0.885 bits per heavy atom. The van der Waals surface area contributed by atoms with E-state index >= 15 is 0 Å². The highest BCUT2D eigenvalue weighted by Gasteiger charge is 2.60. The van der Waals surface area contributed by atoms with Crippen molar-refractivity contribution in [2.24, 2.45) is 10.8 Å². The Labute approximate surface area is 152 Å². The molecule has 0 aromatic heterocycles. The highest BCUT2D eigenvalue weighted by molar-refractivity contribution is 5.80. The second-order valence-electron chi connectivity index (χ2n) is 7.64. The van der Waals surface area contributed by atoms with Crippen LogP contribution in [0.3, 0.4) is 0 Å². The molecule has 0 fully saturated rings. The van der Waals surface area contributed by atoms with Crippen molar-refractivity contribution in [3.05, 3.63) is 0 Å². The van der Waals surface area contributed by atoms with Crippen LogP contribution in [-0.2, 0) is 28.5 Å². The van der Waals surface area contributed by atoms with Crippen molar-refractivity contribution in [2.45, 2.75) is 59.7 Å². The van der Waals surface area contributed by atoms with Gasteiger partial charge in [0, 0.05) is 12.5 Å². The number of ether oxygens (including phenoxy) is 4. The number of hydrogen-bond acceptors (Lipinski definition) is 6. The van der Waals surface area contributed by atoms with Crippen molar-refractivity contribution in [3.8, 4) is 0 Å². The average Bonchev–Trinajstić information content (AvgIpc) is 2.54. The van der Waals surface area contributed by atoms with Crippen LogP contribution in [0.5, 0.6) is 0 Å². The van der Waals surface area contributed by atoms with Gasteiger partial charge in [0.05, 0.1) is 18.6 Å². The SMILES string of the molecule is CCC(C)(C)C(=O)OCC(C)(C)COC(=O)C(C)(OCOC)C(F)(F)F. The van der Waals surface area contributed by atoms with Crippen LogP contribution in [0, 0.1) is 10.8 Å². The molecule has 9 heteroatoms. The van der Waals surface area contributed by atoms with Gasteiger partial charge >= 0.3 is 18.1 Å². The van der Waals surface area contributed by atoms with E-state index in [1.165, 1.54) is 0 Å². The minimum atomic E-state index is -4.98. The van der Waals surface area contributed by atoms with Gasteiger partial charge in [0.25, 0.3) is 5.60 Å². The molecule has 1 atom stereocenters. The highest BCUT2D eigenvalue weighted by atomic mass is 19.4. The average molecular weight is 386 g/mol. The molecular weight excluding hydrogens is 357 g/mol. The van der Waals surface area contributed by atoms with Crippen LogP contribution in [0.25, 0.3) is 0 Å². The largest absolute Gasteiger partial charge is 0.465 e. The van der Waals surface area contributed by atoms with E-state index in [1.807, 2.05) is 6.92 Å². The fraction of sp³-hybridized carbons (Fsp3) is 0.882. The van der Waals surface area contributed by atoms with Gasteiger partial charge in [-0.15, -0.1) is 0 Å². The molecule has 0 heterocycles. The number of carbonyl (C=O) groups is 2. The van der Waals surface area contributed by atoms with Gasteiger partial charge in [0.1, 0.15) is 6.79 Å². The maximum atomic E-state index is 13.2. The summed E-state index contributed by atoms with van der Waals surface area (Å²) in [6, 6.07) is 0. The van der Waals surface area contributed by atoms with E-state index in [1.54, 1.807) is 27.7 Å². The number of rotatable bonds is 10. The Bertz CT molecular complexity index is 487. The van der Waals surface area contributed by atoms with Crippen LogP contribution in [0.2, 0.25) is 0 Å². The molecule has 0 saturated carbocycles. The number of esters is 2. The second kappa shape index (κ2) is 9.03. The molecule has 0 saturated heterocycles. The van der Waals surface area contributed by atoms with E-state index in [2.05, 4.69) is 9.47 Å². The minimum Gasteiger partial charge on any atom is -0.465 e. The van der Waals surface area contributed by atoms with Gasteiger partial charge in [-0.3, -0.25) is 4.79 Å². The lowest BCUT2D eigenvalue weighted by molar-refractivity contribution is -0.287. The smallest absolute Gasteiger partial charge is 0.428 e. The molecule has 0 aliphatic carbocycles. The number of carbonyl (C=O) groups excluding carboxylic acids is 2. The topological polar surface area (TPSA) is 71.1 Å². The molecule has 0 spiro atoms. The van der Waals surface area contributed by atoms with Gasteiger partial charge < -0.3 is 18.9 Å².